The zero-order valence-electron chi connectivity index (χ0n) is 15.8. The van der Waals surface area contributed by atoms with E-state index in [1.807, 2.05) is 19.9 Å². The van der Waals surface area contributed by atoms with E-state index in [-0.39, 0.29) is 24.5 Å². The standard InChI is InChI=1S/C20H33N3O2/c1-4-16(2)20(3,25)15-21-19(24)22-18-10-12-23(13-11-18)14-17-8-6-5-7-9-17/h5-9,16,18,25H,4,10-15H2,1-3H3,(H2,21,22,24). The Morgan fingerprint density at radius 3 is 2.56 bits per heavy atom. The summed E-state index contributed by atoms with van der Waals surface area (Å²) in [6, 6.07) is 10.5. The van der Waals surface area contributed by atoms with Gasteiger partial charge in [-0.25, -0.2) is 4.79 Å². The van der Waals surface area contributed by atoms with E-state index in [0.717, 1.165) is 38.9 Å². The third-order valence-corrected chi connectivity index (χ3v) is 5.45. The highest BCUT2D eigenvalue weighted by atomic mass is 16.3. The molecule has 2 unspecified atom stereocenters. The number of benzene rings is 1. The average Bonchev–Trinajstić information content (AvgIpc) is 2.62. The van der Waals surface area contributed by atoms with Crippen LogP contribution < -0.4 is 10.6 Å². The second-order valence-corrected chi connectivity index (χ2v) is 7.53. The maximum Gasteiger partial charge on any atom is 0.315 e. The number of carbonyl (C=O) groups excluding carboxylic acids is 1. The summed E-state index contributed by atoms with van der Waals surface area (Å²) >= 11 is 0. The van der Waals surface area contributed by atoms with Crippen LogP contribution in [0.4, 0.5) is 4.79 Å². The highest BCUT2D eigenvalue weighted by Gasteiger charge is 2.28. The summed E-state index contributed by atoms with van der Waals surface area (Å²) in [6.45, 7) is 9.06. The van der Waals surface area contributed by atoms with E-state index in [1.54, 1.807) is 6.92 Å². The van der Waals surface area contributed by atoms with Crippen molar-refractivity contribution < 1.29 is 9.90 Å². The molecule has 2 amide bonds. The van der Waals surface area contributed by atoms with Crippen LogP contribution in [0, 0.1) is 5.92 Å². The summed E-state index contributed by atoms with van der Waals surface area (Å²) in [5, 5.41) is 16.2. The molecule has 1 aromatic carbocycles. The van der Waals surface area contributed by atoms with Crippen molar-refractivity contribution in [2.75, 3.05) is 19.6 Å². The fourth-order valence-electron chi connectivity index (χ4n) is 3.19. The molecule has 1 aromatic rings. The van der Waals surface area contributed by atoms with E-state index >= 15 is 0 Å². The van der Waals surface area contributed by atoms with Gasteiger partial charge in [-0.2, -0.15) is 0 Å². The van der Waals surface area contributed by atoms with Gasteiger partial charge in [0.2, 0.25) is 0 Å². The first kappa shape index (κ1) is 19.7. The SMILES string of the molecule is CCC(C)C(C)(O)CNC(=O)NC1CCN(Cc2ccccc2)CC1. The van der Waals surface area contributed by atoms with E-state index in [9.17, 15) is 9.90 Å². The molecule has 1 aliphatic heterocycles. The fraction of sp³-hybridized carbons (Fsp3) is 0.650. The van der Waals surface area contributed by atoms with E-state index < -0.39 is 5.60 Å². The van der Waals surface area contributed by atoms with Crippen molar-refractivity contribution in [2.45, 2.75) is 58.2 Å². The Bertz CT molecular complexity index is 525. The summed E-state index contributed by atoms with van der Waals surface area (Å²) in [4.78, 5) is 14.5. The Morgan fingerprint density at radius 2 is 1.96 bits per heavy atom. The normalized spacial score (nSPS) is 19.8. The Labute approximate surface area is 151 Å². The predicted octanol–water partition coefficient (Wildman–Crippen LogP) is 2.75. The third-order valence-electron chi connectivity index (χ3n) is 5.45. The molecule has 5 heteroatoms. The fourth-order valence-corrected chi connectivity index (χ4v) is 3.19. The monoisotopic (exact) mass is 347 g/mol. The zero-order chi connectivity index (χ0) is 18.3. The van der Waals surface area contributed by atoms with Crippen molar-refractivity contribution in [3.63, 3.8) is 0 Å². The minimum Gasteiger partial charge on any atom is -0.388 e. The first-order valence-corrected chi connectivity index (χ1v) is 9.43. The Balaban J connectivity index is 1.68. The first-order chi connectivity index (χ1) is 11.9. The molecule has 0 spiro atoms. The molecule has 140 valence electrons. The van der Waals surface area contributed by atoms with Gasteiger partial charge in [-0.1, -0.05) is 50.6 Å². The largest absolute Gasteiger partial charge is 0.388 e. The number of carbonyl (C=O) groups is 1. The van der Waals surface area contributed by atoms with Crippen LogP contribution in [0.15, 0.2) is 30.3 Å². The van der Waals surface area contributed by atoms with Crippen molar-refractivity contribution in [3.8, 4) is 0 Å². The van der Waals surface area contributed by atoms with Crippen LogP contribution in [0.5, 0.6) is 0 Å². The number of hydrogen-bond donors (Lipinski definition) is 3. The molecule has 2 atom stereocenters. The van der Waals surface area contributed by atoms with Gasteiger partial charge in [0.25, 0.3) is 0 Å². The summed E-state index contributed by atoms with van der Waals surface area (Å²) in [5.74, 6) is 0.147. The number of nitrogens with zero attached hydrogens (tertiary/aromatic N) is 1. The Kier molecular flexibility index (Phi) is 7.26. The number of urea groups is 1. The van der Waals surface area contributed by atoms with Gasteiger partial charge >= 0.3 is 6.03 Å². The molecule has 1 aliphatic rings. The molecular weight excluding hydrogens is 314 g/mol. The lowest BCUT2D eigenvalue weighted by atomic mass is 9.89. The van der Waals surface area contributed by atoms with Gasteiger partial charge in [0.05, 0.1) is 5.60 Å². The Hall–Kier alpha value is -1.59. The summed E-state index contributed by atoms with van der Waals surface area (Å²) < 4.78 is 0. The number of amides is 2. The maximum atomic E-state index is 12.1. The van der Waals surface area contributed by atoms with Crippen LogP contribution in [0.25, 0.3) is 0 Å². The highest BCUT2D eigenvalue weighted by Crippen LogP contribution is 2.19. The van der Waals surface area contributed by atoms with Crippen LogP contribution in [0.2, 0.25) is 0 Å². The minimum absolute atomic E-state index is 0.147. The van der Waals surface area contributed by atoms with E-state index in [2.05, 4.69) is 39.8 Å². The highest BCUT2D eigenvalue weighted by molar-refractivity contribution is 5.74. The first-order valence-electron chi connectivity index (χ1n) is 9.43. The summed E-state index contributed by atoms with van der Waals surface area (Å²) in [7, 11) is 0. The number of likely N-dealkylation sites (tertiary alicyclic amines) is 1. The van der Waals surface area contributed by atoms with Crippen LogP contribution >= 0.6 is 0 Å². The molecule has 0 saturated carbocycles. The molecule has 0 radical (unpaired) electrons. The minimum atomic E-state index is -0.870. The van der Waals surface area contributed by atoms with Crippen molar-refractivity contribution in [3.05, 3.63) is 35.9 Å². The molecule has 3 N–H and O–H groups in total. The molecule has 0 aromatic heterocycles. The van der Waals surface area contributed by atoms with Gasteiger partial charge < -0.3 is 15.7 Å². The molecule has 0 bridgehead atoms. The number of piperidine rings is 1. The average molecular weight is 348 g/mol. The number of hydrogen-bond acceptors (Lipinski definition) is 3. The van der Waals surface area contributed by atoms with Crippen LogP contribution in [0.1, 0.15) is 45.6 Å². The molecule has 1 heterocycles. The van der Waals surface area contributed by atoms with Crippen LogP contribution in [0.3, 0.4) is 0 Å². The summed E-state index contributed by atoms with van der Waals surface area (Å²) in [6.07, 6.45) is 2.81. The lowest BCUT2D eigenvalue weighted by Gasteiger charge is -2.33. The second-order valence-electron chi connectivity index (χ2n) is 7.53. The summed E-state index contributed by atoms with van der Waals surface area (Å²) in [5.41, 5.74) is 0.462. The van der Waals surface area contributed by atoms with Gasteiger partial charge in [-0.3, -0.25) is 4.90 Å². The lowest BCUT2D eigenvalue weighted by Crippen LogP contribution is -2.51. The number of rotatable bonds is 7. The number of nitrogens with one attached hydrogen (secondary N) is 2. The quantitative estimate of drug-likeness (QED) is 0.711. The molecule has 1 saturated heterocycles. The topological polar surface area (TPSA) is 64.6 Å². The second kappa shape index (κ2) is 9.20. The Morgan fingerprint density at radius 1 is 1.32 bits per heavy atom. The van der Waals surface area contributed by atoms with Gasteiger partial charge in [0, 0.05) is 32.2 Å². The van der Waals surface area contributed by atoms with Gasteiger partial charge in [0.1, 0.15) is 0 Å². The van der Waals surface area contributed by atoms with Crippen molar-refractivity contribution in [1.82, 2.24) is 15.5 Å². The molecule has 2 rings (SSSR count). The van der Waals surface area contributed by atoms with E-state index in [0.29, 0.717) is 0 Å². The van der Waals surface area contributed by atoms with Crippen LogP contribution in [-0.4, -0.2) is 47.3 Å². The van der Waals surface area contributed by atoms with Crippen LogP contribution in [-0.2, 0) is 6.54 Å². The molecule has 25 heavy (non-hydrogen) atoms. The lowest BCUT2D eigenvalue weighted by molar-refractivity contribution is 0.00777. The molecule has 5 nitrogen and oxygen atoms in total. The van der Waals surface area contributed by atoms with Gasteiger partial charge in [0.15, 0.2) is 0 Å². The molecular formula is C20H33N3O2. The van der Waals surface area contributed by atoms with Crippen molar-refractivity contribution >= 4 is 6.03 Å². The number of aliphatic hydroxyl groups is 1. The van der Waals surface area contributed by atoms with Crippen molar-refractivity contribution in [1.29, 1.82) is 0 Å². The molecule has 1 fully saturated rings. The predicted molar refractivity (Wildman–Crippen MR) is 101 cm³/mol. The van der Waals surface area contributed by atoms with E-state index in [4.69, 9.17) is 0 Å². The maximum absolute atomic E-state index is 12.1. The van der Waals surface area contributed by atoms with Gasteiger partial charge in [-0.15, -0.1) is 0 Å². The van der Waals surface area contributed by atoms with E-state index in [1.165, 1.54) is 5.56 Å². The van der Waals surface area contributed by atoms with Crippen molar-refractivity contribution in [2.24, 2.45) is 5.92 Å². The molecule has 0 aliphatic carbocycles. The third kappa shape index (κ3) is 6.33. The zero-order valence-corrected chi connectivity index (χ0v) is 15.8. The smallest absolute Gasteiger partial charge is 0.315 e. The van der Waals surface area contributed by atoms with Gasteiger partial charge in [-0.05, 0) is 31.2 Å².